The van der Waals surface area contributed by atoms with Crippen LogP contribution in [-0.4, -0.2) is 32.4 Å². The molecule has 26 heavy (non-hydrogen) atoms. The lowest BCUT2D eigenvalue weighted by atomic mass is 10.1. The third-order valence-electron chi connectivity index (χ3n) is 4.14. The standard InChI is InChI=1S/C17H10N4O5/c18-14-13-9(15(23)20-16(13)24)5-12(22)21(14)11-3-1-2-10-8(11)4-7(6-19-10)17(25)26/h1-6H,18H2,(H,25,26)(H,20,23,24). The maximum absolute atomic E-state index is 12.6. The quantitative estimate of drug-likeness (QED) is 0.572. The number of carboxylic acids is 1. The van der Waals surface area contributed by atoms with Crippen LogP contribution in [0.25, 0.3) is 16.6 Å². The van der Waals surface area contributed by atoms with E-state index in [2.05, 4.69) is 10.3 Å². The summed E-state index contributed by atoms with van der Waals surface area (Å²) in [6.07, 6.45) is 1.20. The molecule has 1 aromatic carbocycles. The lowest BCUT2D eigenvalue weighted by molar-refractivity contribution is 0.0695. The fraction of sp³-hybridized carbons (Fsp3) is 0. The van der Waals surface area contributed by atoms with Crippen molar-refractivity contribution in [2.45, 2.75) is 0 Å². The maximum atomic E-state index is 12.6. The van der Waals surface area contributed by atoms with Crippen LogP contribution < -0.4 is 16.6 Å². The van der Waals surface area contributed by atoms with E-state index in [1.807, 2.05) is 0 Å². The summed E-state index contributed by atoms with van der Waals surface area (Å²) < 4.78 is 1.06. The van der Waals surface area contributed by atoms with Crippen LogP contribution in [0.1, 0.15) is 31.1 Å². The largest absolute Gasteiger partial charge is 0.478 e. The van der Waals surface area contributed by atoms with Gasteiger partial charge in [-0.3, -0.25) is 29.3 Å². The SMILES string of the molecule is Nc1c2c(cc(=O)n1-c1cccc3ncc(C(=O)O)cc13)C(=O)NC2=O. The highest BCUT2D eigenvalue weighted by Crippen LogP contribution is 2.27. The Labute approximate surface area is 144 Å². The second kappa shape index (κ2) is 5.24. The molecule has 0 atom stereocenters. The third kappa shape index (κ3) is 2.07. The van der Waals surface area contributed by atoms with Crippen molar-refractivity contribution >= 4 is 34.5 Å². The normalized spacial score (nSPS) is 12.9. The summed E-state index contributed by atoms with van der Waals surface area (Å²) in [4.78, 5) is 51.6. The fourth-order valence-electron chi connectivity index (χ4n) is 2.97. The van der Waals surface area contributed by atoms with E-state index < -0.39 is 23.3 Å². The monoisotopic (exact) mass is 350 g/mol. The molecule has 2 aromatic heterocycles. The topological polar surface area (TPSA) is 144 Å². The summed E-state index contributed by atoms with van der Waals surface area (Å²) in [6, 6.07) is 7.21. The minimum absolute atomic E-state index is 0.0642. The molecular weight excluding hydrogens is 340 g/mol. The number of nitrogen functional groups attached to an aromatic ring is 1. The van der Waals surface area contributed by atoms with Crippen LogP contribution in [0.15, 0.2) is 41.3 Å². The molecule has 9 nitrogen and oxygen atoms in total. The number of nitrogens with two attached hydrogens (primary N) is 1. The highest BCUT2D eigenvalue weighted by Gasteiger charge is 2.32. The number of hydrogen-bond acceptors (Lipinski definition) is 6. The van der Waals surface area contributed by atoms with Gasteiger partial charge in [-0.25, -0.2) is 4.79 Å². The number of amides is 2. The molecule has 128 valence electrons. The van der Waals surface area contributed by atoms with Crippen LogP contribution in [0.2, 0.25) is 0 Å². The Morgan fingerprint density at radius 3 is 2.65 bits per heavy atom. The van der Waals surface area contributed by atoms with Gasteiger partial charge in [0.1, 0.15) is 5.82 Å². The van der Waals surface area contributed by atoms with Crippen molar-refractivity contribution < 1.29 is 19.5 Å². The number of nitrogens with zero attached hydrogens (tertiary/aromatic N) is 2. The molecular formula is C17H10N4O5. The number of hydrogen-bond donors (Lipinski definition) is 3. The van der Waals surface area contributed by atoms with Crippen molar-refractivity contribution in [2.24, 2.45) is 0 Å². The number of aromatic nitrogens is 2. The van der Waals surface area contributed by atoms with E-state index >= 15 is 0 Å². The summed E-state index contributed by atoms with van der Waals surface area (Å²) in [5.74, 6) is -2.76. The van der Waals surface area contributed by atoms with Crippen molar-refractivity contribution in [1.29, 1.82) is 0 Å². The van der Waals surface area contributed by atoms with E-state index in [0.29, 0.717) is 10.9 Å². The number of carboxylic acid groups (broad SMARTS) is 1. The molecule has 0 saturated heterocycles. The summed E-state index contributed by atoms with van der Waals surface area (Å²) in [6.45, 7) is 0. The van der Waals surface area contributed by atoms with E-state index in [-0.39, 0.29) is 28.2 Å². The molecule has 1 aliphatic rings. The molecule has 4 N–H and O–H groups in total. The number of fused-ring (bicyclic) bond motifs is 2. The van der Waals surface area contributed by atoms with Crippen molar-refractivity contribution in [1.82, 2.24) is 14.9 Å². The number of pyridine rings is 2. The van der Waals surface area contributed by atoms with Crippen molar-refractivity contribution in [3.8, 4) is 5.69 Å². The number of rotatable bonds is 2. The Balaban J connectivity index is 2.09. The first-order chi connectivity index (χ1) is 12.4. The number of carbonyl (C=O) groups excluding carboxylic acids is 2. The maximum Gasteiger partial charge on any atom is 0.337 e. The smallest absolute Gasteiger partial charge is 0.337 e. The van der Waals surface area contributed by atoms with Crippen LogP contribution in [-0.2, 0) is 0 Å². The first kappa shape index (κ1) is 15.5. The van der Waals surface area contributed by atoms with E-state index in [1.165, 1.54) is 12.3 Å². The van der Waals surface area contributed by atoms with Gasteiger partial charge >= 0.3 is 5.97 Å². The number of carbonyl (C=O) groups is 3. The summed E-state index contributed by atoms with van der Waals surface area (Å²) >= 11 is 0. The first-order valence-electron chi connectivity index (χ1n) is 7.42. The lowest BCUT2D eigenvalue weighted by Gasteiger charge is -2.14. The van der Waals surface area contributed by atoms with Crippen molar-refractivity contribution in [2.75, 3.05) is 5.73 Å². The minimum Gasteiger partial charge on any atom is -0.478 e. The van der Waals surface area contributed by atoms with E-state index in [4.69, 9.17) is 5.73 Å². The molecule has 1 aliphatic heterocycles. The molecule has 3 heterocycles. The van der Waals surface area contributed by atoms with Crippen molar-refractivity contribution in [3.05, 3.63) is 63.6 Å². The fourth-order valence-corrected chi connectivity index (χ4v) is 2.97. The molecule has 0 saturated carbocycles. The molecule has 0 unspecified atom stereocenters. The Morgan fingerprint density at radius 1 is 1.15 bits per heavy atom. The summed E-state index contributed by atoms with van der Waals surface area (Å²) in [5, 5.41) is 11.6. The number of imide groups is 1. The zero-order chi connectivity index (χ0) is 18.6. The zero-order valence-corrected chi connectivity index (χ0v) is 13.0. The Bertz CT molecular complexity index is 1210. The Kier molecular flexibility index (Phi) is 3.13. The first-order valence-corrected chi connectivity index (χ1v) is 7.42. The van der Waals surface area contributed by atoms with Gasteiger partial charge in [0.05, 0.1) is 27.9 Å². The lowest BCUT2D eigenvalue weighted by Crippen LogP contribution is -2.24. The number of aromatic carboxylic acids is 1. The molecule has 0 radical (unpaired) electrons. The molecule has 0 fully saturated rings. The minimum atomic E-state index is -1.17. The van der Waals surface area contributed by atoms with Crippen LogP contribution in [0.5, 0.6) is 0 Å². The Morgan fingerprint density at radius 2 is 1.92 bits per heavy atom. The van der Waals surface area contributed by atoms with E-state index in [1.54, 1.807) is 18.2 Å². The molecule has 2 amide bonds. The van der Waals surface area contributed by atoms with Gasteiger partial charge in [0.2, 0.25) is 0 Å². The predicted octanol–water partition coefficient (Wildman–Crippen LogP) is 0.550. The third-order valence-corrected chi connectivity index (χ3v) is 4.14. The highest BCUT2D eigenvalue weighted by atomic mass is 16.4. The second-order valence-corrected chi connectivity index (χ2v) is 5.65. The average Bonchev–Trinajstić information content (AvgIpc) is 2.88. The predicted molar refractivity (Wildman–Crippen MR) is 90.5 cm³/mol. The molecule has 0 spiro atoms. The van der Waals surface area contributed by atoms with Crippen LogP contribution in [0.3, 0.4) is 0 Å². The molecule has 0 aliphatic carbocycles. The van der Waals surface area contributed by atoms with Gasteiger partial charge in [-0.15, -0.1) is 0 Å². The van der Waals surface area contributed by atoms with E-state index in [9.17, 15) is 24.3 Å². The second-order valence-electron chi connectivity index (χ2n) is 5.65. The highest BCUT2D eigenvalue weighted by molar-refractivity contribution is 6.23. The van der Waals surface area contributed by atoms with Gasteiger partial charge < -0.3 is 10.8 Å². The van der Waals surface area contributed by atoms with Gasteiger partial charge in [0.15, 0.2) is 0 Å². The molecule has 9 heteroatoms. The average molecular weight is 350 g/mol. The molecule has 3 aromatic rings. The Hall–Kier alpha value is -4.01. The van der Waals surface area contributed by atoms with Gasteiger partial charge in [0.25, 0.3) is 17.4 Å². The number of nitrogens with one attached hydrogen (secondary N) is 1. The summed E-state index contributed by atoms with van der Waals surface area (Å²) in [5.41, 5.74) is 5.86. The van der Waals surface area contributed by atoms with Gasteiger partial charge in [0, 0.05) is 17.6 Å². The molecule has 0 bridgehead atoms. The van der Waals surface area contributed by atoms with Gasteiger partial charge in [-0.2, -0.15) is 0 Å². The summed E-state index contributed by atoms with van der Waals surface area (Å²) in [7, 11) is 0. The van der Waals surface area contributed by atoms with E-state index in [0.717, 1.165) is 10.6 Å². The van der Waals surface area contributed by atoms with Crippen LogP contribution >= 0.6 is 0 Å². The number of benzene rings is 1. The van der Waals surface area contributed by atoms with Crippen molar-refractivity contribution in [3.63, 3.8) is 0 Å². The van der Waals surface area contributed by atoms with Gasteiger partial charge in [-0.05, 0) is 18.2 Å². The van der Waals surface area contributed by atoms with Gasteiger partial charge in [-0.1, -0.05) is 6.07 Å². The van der Waals surface area contributed by atoms with Crippen LogP contribution in [0, 0.1) is 0 Å². The molecule has 4 rings (SSSR count). The number of anilines is 1. The zero-order valence-electron chi connectivity index (χ0n) is 13.0. The van der Waals surface area contributed by atoms with Crippen LogP contribution in [0.4, 0.5) is 5.82 Å².